The molecule has 1 amide bonds. The molecule has 0 radical (unpaired) electrons. The molecule has 2 aromatic rings. The van der Waals surface area contributed by atoms with Gasteiger partial charge < -0.3 is 10.1 Å². The van der Waals surface area contributed by atoms with E-state index < -0.39 is 5.82 Å². The summed E-state index contributed by atoms with van der Waals surface area (Å²) in [5.74, 6) is 0.0118. The normalized spacial score (nSPS) is 11.8. The summed E-state index contributed by atoms with van der Waals surface area (Å²) in [6.07, 6.45) is 0.727. The number of hydrogen-bond acceptors (Lipinski definition) is 2. The Morgan fingerprint density at radius 2 is 1.95 bits per heavy atom. The second-order valence-corrected chi connectivity index (χ2v) is 5.69. The van der Waals surface area contributed by atoms with E-state index in [1.54, 1.807) is 7.11 Å². The molecule has 1 N–H and O–H groups in total. The minimum absolute atomic E-state index is 0.145. The highest BCUT2D eigenvalue weighted by Crippen LogP contribution is 2.22. The maximum Gasteiger partial charge on any atom is 0.253 e. The first kappa shape index (κ1) is 16.5. The fourth-order valence-corrected chi connectivity index (χ4v) is 2.59. The lowest BCUT2D eigenvalue weighted by molar-refractivity contribution is 0.0934. The molecule has 0 saturated carbocycles. The van der Waals surface area contributed by atoms with Crippen LogP contribution in [0.25, 0.3) is 0 Å². The third-order valence-corrected chi connectivity index (χ3v) is 4.10. The fraction of sp³-hybridized carbons (Fsp3) is 0.235. The predicted octanol–water partition coefficient (Wildman–Crippen LogP) is 4.48. The van der Waals surface area contributed by atoms with E-state index in [1.807, 2.05) is 31.2 Å². The minimum Gasteiger partial charge on any atom is -0.497 e. The van der Waals surface area contributed by atoms with Crippen LogP contribution in [0, 0.1) is 5.82 Å². The van der Waals surface area contributed by atoms with Crippen molar-refractivity contribution in [1.29, 1.82) is 0 Å². The van der Waals surface area contributed by atoms with Crippen molar-refractivity contribution in [2.45, 2.75) is 19.4 Å². The molecule has 0 fully saturated rings. The summed E-state index contributed by atoms with van der Waals surface area (Å²) < 4.78 is 19.0. The summed E-state index contributed by atoms with van der Waals surface area (Å²) in [5.41, 5.74) is 1.26. The third-order valence-electron chi connectivity index (χ3n) is 3.40. The zero-order valence-electron chi connectivity index (χ0n) is 12.4. The number of methoxy groups -OCH3 is 1. The quantitative estimate of drug-likeness (QED) is 0.848. The van der Waals surface area contributed by atoms with Crippen LogP contribution < -0.4 is 10.1 Å². The third kappa shape index (κ3) is 3.85. The Labute approximate surface area is 137 Å². The molecule has 0 bridgehead atoms. The summed E-state index contributed by atoms with van der Waals surface area (Å²) >= 11 is 3.27. The molecule has 0 heterocycles. The molecule has 0 aliphatic heterocycles. The van der Waals surface area contributed by atoms with Gasteiger partial charge in [0.15, 0.2) is 0 Å². The van der Waals surface area contributed by atoms with Gasteiger partial charge in [0.1, 0.15) is 11.6 Å². The van der Waals surface area contributed by atoms with Crippen LogP contribution in [0.3, 0.4) is 0 Å². The van der Waals surface area contributed by atoms with E-state index in [2.05, 4.69) is 21.2 Å². The molecule has 1 atom stereocenters. The molecule has 0 aromatic heterocycles. The maximum absolute atomic E-state index is 13.3. The Kier molecular flexibility index (Phi) is 5.55. The second-order valence-electron chi connectivity index (χ2n) is 4.83. The molecule has 0 aliphatic rings. The summed E-state index contributed by atoms with van der Waals surface area (Å²) in [7, 11) is 1.61. The van der Waals surface area contributed by atoms with Gasteiger partial charge in [-0.05, 0) is 58.2 Å². The molecule has 116 valence electrons. The van der Waals surface area contributed by atoms with E-state index in [1.165, 1.54) is 18.2 Å². The summed E-state index contributed by atoms with van der Waals surface area (Å²) in [5, 5.41) is 2.93. The van der Waals surface area contributed by atoms with Crippen LogP contribution in [-0.2, 0) is 0 Å². The molecule has 2 rings (SSSR count). The average molecular weight is 366 g/mol. The summed E-state index contributed by atoms with van der Waals surface area (Å²) in [4.78, 5) is 12.4. The number of amides is 1. The van der Waals surface area contributed by atoms with E-state index in [9.17, 15) is 9.18 Å². The van der Waals surface area contributed by atoms with Gasteiger partial charge in [-0.2, -0.15) is 0 Å². The summed E-state index contributed by atoms with van der Waals surface area (Å²) in [6.45, 7) is 1.98. The van der Waals surface area contributed by atoms with Crippen molar-refractivity contribution in [1.82, 2.24) is 5.32 Å². The number of ether oxygens (including phenoxy) is 1. The molecule has 2 aromatic carbocycles. The van der Waals surface area contributed by atoms with Crippen LogP contribution in [0.15, 0.2) is 46.9 Å². The molecule has 1 unspecified atom stereocenters. The van der Waals surface area contributed by atoms with E-state index in [0.29, 0.717) is 4.47 Å². The lowest BCUT2D eigenvalue weighted by atomic mass is 10.0. The van der Waals surface area contributed by atoms with Gasteiger partial charge in [-0.15, -0.1) is 0 Å². The van der Waals surface area contributed by atoms with Crippen LogP contribution >= 0.6 is 15.9 Å². The lowest BCUT2D eigenvalue weighted by Crippen LogP contribution is -2.28. The monoisotopic (exact) mass is 365 g/mol. The number of halogens is 2. The Hall–Kier alpha value is -1.88. The Morgan fingerprint density at radius 3 is 2.55 bits per heavy atom. The van der Waals surface area contributed by atoms with Gasteiger partial charge in [-0.3, -0.25) is 4.79 Å². The van der Waals surface area contributed by atoms with Crippen molar-refractivity contribution in [3.05, 3.63) is 63.9 Å². The average Bonchev–Trinajstić information content (AvgIpc) is 2.54. The van der Waals surface area contributed by atoms with E-state index in [0.717, 1.165) is 17.7 Å². The number of carbonyl (C=O) groups is 1. The van der Waals surface area contributed by atoms with Crippen molar-refractivity contribution in [3.8, 4) is 5.75 Å². The van der Waals surface area contributed by atoms with Gasteiger partial charge in [0.2, 0.25) is 0 Å². The van der Waals surface area contributed by atoms with Crippen LogP contribution in [-0.4, -0.2) is 13.0 Å². The standard InChI is InChI=1S/C17H17BrFNO2/c1-3-16(11-4-7-13(22-2)8-5-11)20-17(21)14-10-12(19)6-9-15(14)18/h4-10,16H,3H2,1-2H3,(H,20,21). The van der Waals surface area contributed by atoms with Crippen LogP contribution in [0.4, 0.5) is 4.39 Å². The highest BCUT2D eigenvalue weighted by molar-refractivity contribution is 9.10. The van der Waals surface area contributed by atoms with Crippen molar-refractivity contribution in [2.24, 2.45) is 0 Å². The number of carbonyl (C=O) groups excluding carboxylic acids is 1. The van der Waals surface area contributed by atoms with Gasteiger partial charge in [0.05, 0.1) is 18.7 Å². The first-order chi connectivity index (χ1) is 10.5. The number of hydrogen-bond donors (Lipinski definition) is 1. The Balaban J connectivity index is 2.18. The van der Waals surface area contributed by atoms with Crippen molar-refractivity contribution in [2.75, 3.05) is 7.11 Å². The van der Waals surface area contributed by atoms with Crippen LogP contribution in [0.2, 0.25) is 0 Å². The highest BCUT2D eigenvalue weighted by Gasteiger charge is 2.16. The number of rotatable bonds is 5. The zero-order valence-corrected chi connectivity index (χ0v) is 14.0. The first-order valence-electron chi connectivity index (χ1n) is 6.95. The van der Waals surface area contributed by atoms with Gasteiger partial charge in [-0.25, -0.2) is 4.39 Å². The second kappa shape index (κ2) is 7.40. The molecule has 5 heteroatoms. The molecule has 0 saturated heterocycles. The lowest BCUT2D eigenvalue weighted by Gasteiger charge is -2.18. The van der Waals surface area contributed by atoms with Crippen molar-refractivity contribution < 1.29 is 13.9 Å². The molecule has 22 heavy (non-hydrogen) atoms. The number of benzene rings is 2. The van der Waals surface area contributed by atoms with Crippen LogP contribution in [0.5, 0.6) is 5.75 Å². The smallest absolute Gasteiger partial charge is 0.253 e. The SMILES string of the molecule is CCC(NC(=O)c1cc(F)ccc1Br)c1ccc(OC)cc1. The number of nitrogens with one attached hydrogen (secondary N) is 1. The van der Waals surface area contributed by atoms with E-state index in [-0.39, 0.29) is 17.5 Å². The van der Waals surface area contributed by atoms with E-state index in [4.69, 9.17) is 4.74 Å². The zero-order chi connectivity index (χ0) is 16.1. The largest absolute Gasteiger partial charge is 0.497 e. The molecule has 0 aliphatic carbocycles. The first-order valence-corrected chi connectivity index (χ1v) is 7.74. The molecular formula is C17H17BrFNO2. The fourth-order valence-electron chi connectivity index (χ4n) is 2.16. The Bertz CT molecular complexity index is 658. The van der Waals surface area contributed by atoms with Gasteiger partial charge in [-0.1, -0.05) is 19.1 Å². The van der Waals surface area contributed by atoms with E-state index >= 15 is 0 Å². The van der Waals surface area contributed by atoms with Gasteiger partial charge in [0.25, 0.3) is 5.91 Å². The maximum atomic E-state index is 13.3. The molecular weight excluding hydrogens is 349 g/mol. The highest BCUT2D eigenvalue weighted by atomic mass is 79.9. The molecule has 3 nitrogen and oxygen atoms in total. The Morgan fingerprint density at radius 1 is 1.27 bits per heavy atom. The van der Waals surface area contributed by atoms with Gasteiger partial charge in [0, 0.05) is 4.47 Å². The summed E-state index contributed by atoms with van der Waals surface area (Å²) in [6, 6.07) is 11.4. The van der Waals surface area contributed by atoms with Crippen molar-refractivity contribution in [3.63, 3.8) is 0 Å². The van der Waals surface area contributed by atoms with Gasteiger partial charge >= 0.3 is 0 Å². The van der Waals surface area contributed by atoms with Crippen molar-refractivity contribution >= 4 is 21.8 Å². The minimum atomic E-state index is -0.439. The molecule has 0 spiro atoms. The topological polar surface area (TPSA) is 38.3 Å². The predicted molar refractivity (Wildman–Crippen MR) is 87.6 cm³/mol. The van der Waals surface area contributed by atoms with Crippen LogP contribution in [0.1, 0.15) is 35.3 Å².